The van der Waals surface area contributed by atoms with E-state index in [2.05, 4.69) is 29.0 Å². The minimum Gasteiger partial charge on any atom is -0.316 e. The Morgan fingerprint density at radius 2 is 1.83 bits per heavy atom. The predicted octanol–water partition coefficient (Wildman–Crippen LogP) is 1.79. The second-order valence-electron chi connectivity index (χ2n) is 5.97. The van der Waals surface area contributed by atoms with Gasteiger partial charge in [-0.05, 0) is 57.8 Å². The van der Waals surface area contributed by atoms with Gasteiger partial charge in [-0.15, -0.1) is 0 Å². The lowest BCUT2D eigenvalue weighted by Gasteiger charge is -2.31. The first-order valence-electron chi connectivity index (χ1n) is 8.00. The van der Waals surface area contributed by atoms with E-state index in [0.29, 0.717) is 0 Å². The lowest BCUT2D eigenvalue weighted by Crippen LogP contribution is -2.42. The van der Waals surface area contributed by atoms with Crippen molar-refractivity contribution in [3.63, 3.8) is 0 Å². The topological polar surface area (TPSA) is 18.5 Å². The summed E-state index contributed by atoms with van der Waals surface area (Å²) in [6, 6.07) is 0.919. The van der Waals surface area contributed by atoms with Crippen molar-refractivity contribution >= 4 is 0 Å². The van der Waals surface area contributed by atoms with E-state index in [9.17, 15) is 0 Å². The Kier molecular flexibility index (Phi) is 5.93. The van der Waals surface area contributed by atoms with Gasteiger partial charge in [0.05, 0.1) is 0 Å². The van der Waals surface area contributed by atoms with Crippen molar-refractivity contribution in [1.29, 1.82) is 0 Å². The monoisotopic (exact) mass is 253 g/mol. The fourth-order valence-corrected chi connectivity index (χ4v) is 3.08. The van der Waals surface area contributed by atoms with Crippen molar-refractivity contribution < 1.29 is 0 Å². The summed E-state index contributed by atoms with van der Waals surface area (Å²) in [5.41, 5.74) is 0. The smallest absolute Gasteiger partial charge is 0.0112 e. The van der Waals surface area contributed by atoms with Gasteiger partial charge in [0.1, 0.15) is 0 Å². The molecule has 1 atom stereocenters. The van der Waals surface area contributed by atoms with Crippen LogP contribution in [0.15, 0.2) is 0 Å². The normalized spacial score (nSPS) is 25.0. The molecule has 1 aliphatic carbocycles. The summed E-state index contributed by atoms with van der Waals surface area (Å²) in [4.78, 5) is 5.32. The van der Waals surface area contributed by atoms with Gasteiger partial charge in [-0.3, -0.25) is 4.90 Å². The highest BCUT2D eigenvalue weighted by Gasteiger charge is 2.30. The van der Waals surface area contributed by atoms with Crippen molar-refractivity contribution in [2.45, 2.75) is 45.6 Å². The van der Waals surface area contributed by atoms with Gasteiger partial charge in [0.25, 0.3) is 0 Å². The van der Waals surface area contributed by atoms with Gasteiger partial charge in [0.2, 0.25) is 0 Å². The molecule has 3 nitrogen and oxygen atoms in total. The number of hydrogen-bond donors (Lipinski definition) is 1. The van der Waals surface area contributed by atoms with Gasteiger partial charge >= 0.3 is 0 Å². The molecule has 106 valence electrons. The molecule has 1 heterocycles. The fourth-order valence-electron chi connectivity index (χ4n) is 3.08. The van der Waals surface area contributed by atoms with Crippen molar-refractivity contribution in [2.24, 2.45) is 5.92 Å². The van der Waals surface area contributed by atoms with Gasteiger partial charge < -0.3 is 10.2 Å². The third-order valence-electron chi connectivity index (χ3n) is 4.55. The maximum absolute atomic E-state index is 3.55. The minimum absolute atomic E-state index is 0.899. The highest BCUT2D eigenvalue weighted by Crippen LogP contribution is 2.28. The predicted molar refractivity (Wildman–Crippen MR) is 78.0 cm³/mol. The first-order chi connectivity index (χ1) is 8.83. The molecule has 0 spiro atoms. The van der Waals surface area contributed by atoms with E-state index in [1.807, 2.05) is 0 Å². The molecule has 0 amide bonds. The van der Waals surface area contributed by atoms with Gasteiger partial charge in [-0.2, -0.15) is 0 Å². The number of piperidine rings is 1. The summed E-state index contributed by atoms with van der Waals surface area (Å²) in [6.07, 6.45) is 5.69. The second kappa shape index (κ2) is 7.46. The molecule has 1 saturated carbocycles. The average Bonchev–Trinajstić information content (AvgIpc) is 3.24. The summed E-state index contributed by atoms with van der Waals surface area (Å²) < 4.78 is 0. The van der Waals surface area contributed by atoms with Crippen molar-refractivity contribution in [3.05, 3.63) is 0 Å². The standard InChI is InChI=1S/C15H31N3/c1-3-17(4-2)10-11-18(15-7-8-15)13-14-6-5-9-16-12-14/h14-16H,3-13H2,1-2H3. The van der Waals surface area contributed by atoms with Crippen LogP contribution < -0.4 is 5.32 Å². The molecule has 3 heteroatoms. The van der Waals surface area contributed by atoms with Crippen molar-refractivity contribution in [1.82, 2.24) is 15.1 Å². The van der Waals surface area contributed by atoms with Crippen LogP contribution in [0.1, 0.15) is 39.5 Å². The number of nitrogens with one attached hydrogen (secondary N) is 1. The van der Waals surface area contributed by atoms with E-state index in [0.717, 1.165) is 12.0 Å². The molecule has 0 bridgehead atoms. The van der Waals surface area contributed by atoms with E-state index < -0.39 is 0 Å². The molecular weight excluding hydrogens is 222 g/mol. The molecule has 2 aliphatic rings. The highest BCUT2D eigenvalue weighted by molar-refractivity contribution is 4.87. The van der Waals surface area contributed by atoms with Crippen LogP contribution in [0, 0.1) is 5.92 Å². The molecular formula is C15H31N3. The lowest BCUT2D eigenvalue weighted by molar-refractivity contribution is 0.171. The molecule has 1 N–H and O–H groups in total. The molecule has 0 aromatic heterocycles. The molecule has 1 aliphatic heterocycles. The largest absolute Gasteiger partial charge is 0.316 e. The number of nitrogens with zero attached hydrogens (tertiary/aromatic N) is 2. The maximum atomic E-state index is 3.55. The minimum atomic E-state index is 0.899. The Morgan fingerprint density at radius 3 is 2.39 bits per heavy atom. The Bertz CT molecular complexity index is 218. The molecule has 18 heavy (non-hydrogen) atoms. The second-order valence-corrected chi connectivity index (χ2v) is 5.97. The summed E-state index contributed by atoms with van der Waals surface area (Å²) in [5.74, 6) is 0.899. The molecule has 1 unspecified atom stereocenters. The van der Waals surface area contributed by atoms with Crippen molar-refractivity contribution in [3.8, 4) is 0 Å². The summed E-state index contributed by atoms with van der Waals surface area (Å²) in [6.45, 7) is 13.3. The molecule has 2 fully saturated rings. The lowest BCUT2D eigenvalue weighted by atomic mass is 9.99. The average molecular weight is 253 g/mol. The van der Waals surface area contributed by atoms with Crippen LogP contribution in [0.3, 0.4) is 0 Å². The zero-order valence-corrected chi connectivity index (χ0v) is 12.3. The van der Waals surface area contributed by atoms with Gasteiger partial charge in [-0.1, -0.05) is 13.8 Å². The molecule has 0 radical (unpaired) electrons. The van der Waals surface area contributed by atoms with E-state index >= 15 is 0 Å². The van der Waals surface area contributed by atoms with E-state index in [1.165, 1.54) is 71.5 Å². The SMILES string of the molecule is CCN(CC)CCN(CC1CCCNC1)C1CC1. The van der Waals surface area contributed by atoms with E-state index in [1.54, 1.807) is 0 Å². The summed E-state index contributed by atoms with van der Waals surface area (Å²) in [5, 5.41) is 3.55. The van der Waals surface area contributed by atoms with Gasteiger partial charge in [0, 0.05) is 25.7 Å². The highest BCUT2D eigenvalue weighted by atomic mass is 15.2. The van der Waals surface area contributed by atoms with E-state index in [-0.39, 0.29) is 0 Å². The molecule has 2 rings (SSSR count). The zero-order valence-electron chi connectivity index (χ0n) is 12.3. The van der Waals surface area contributed by atoms with Crippen LogP contribution >= 0.6 is 0 Å². The van der Waals surface area contributed by atoms with E-state index in [4.69, 9.17) is 0 Å². The third kappa shape index (κ3) is 4.52. The quantitative estimate of drug-likeness (QED) is 0.711. The Hall–Kier alpha value is -0.120. The summed E-state index contributed by atoms with van der Waals surface area (Å²) in [7, 11) is 0. The van der Waals surface area contributed by atoms with Crippen LogP contribution in [0.4, 0.5) is 0 Å². The Balaban J connectivity index is 1.73. The first-order valence-corrected chi connectivity index (χ1v) is 8.00. The maximum Gasteiger partial charge on any atom is 0.0112 e. The van der Waals surface area contributed by atoms with Crippen LogP contribution in [0.5, 0.6) is 0 Å². The molecule has 0 aromatic carbocycles. The zero-order chi connectivity index (χ0) is 12.8. The number of hydrogen-bond acceptors (Lipinski definition) is 3. The Labute approximate surface area is 113 Å². The third-order valence-corrected chi connectivity index (χ3v) is 4.55. The molecule has 0 aromatic rings. The van der Waals surface area contributed by atoms with Crippen LogP contribution in [-0.4, -0.2) is 61.7 Å². The first kappa shape index (κ1) is 14.3. The number of likely N-dealkylation sites (N-methyl/N-ethyl adjacent to an activating group) is 1. The van der Waals surface area contributed by atoms with Crippen LogP contribution in [0.25, 0.3) is 0 Å². The van der Waals surface area contributed by atoms with Crippen LogP contribution in [-0.2, 0) is 0 Å². The van der Waals surface area contributed by atoms with Crippen LogP contribution in [0.2, 0.25) is 0 Å². The summed E-state index contributed by atoms with van der Waals surface area (Å²) >= 11 is 0. The fraction of sp³-hybridized carbons (Fsp3) is 1.00. The Morgan fingerprint density at radius 1 is 1.06 bits per heavy atom. The van der Waals surface area contributed by atoms with Crippen molar-refractivity contribution in [2.75, 3.05) is 45.8 Å². The molecule has 1 saturated heterocycles. The number of rotatable bonds is 8. The van der Waals surface area contributed by atoms with Gasteiger partial charge in [-0.25, -0.2) is 0 Å². The van der Waals surface area contributed by atoms with Gasteiger partial charge in [0.15, 0.2) is 0 Å².